The molecule has 4 heteroatoms. The summed E-state index contributed by atoms with van der Waals surface area (Å²) in [5.41, 5.74) is 0. The van der Waals surface area contributed by atoms with Gasteiger partial charge in [0.25, 0.3) is 0 Å². The molecule has 2 N–H and O–H groups in total. The second-order valence-corrected chi connectivity index (χ2v) is 6.44. The predicted octanol–water partition coefficient (Wildman–Crippen LogP) is 1.24. The summed E-state index contributed by atoms with van der Waals surface area (Å²) in [6.45, 7) is 4.91. The molecule has 3 nitrogen and oxygen atoms in total. The van der Waals surface area contributed by atoms with Gasteiger partial charge in [-0.1, -0.05) is 13.3 Å². The zero-order valence-electron chi connectivity index (χ0n) is 10.2. The first-order valence-corrected chi connectivity index (χ1v) is 7.43. The molecule has 0 aromatic rings. The van der Waals surface area contributed by atoms with E-state index < -0.39 is 0 Å². The molecule has 1 heterocycles. The third-order valence-corrected chi connectivity index (χ3v) is 5.63. The number of amides is 1. The first kappa shape index (κ1) is 12.2. The Morgan fingerprint density at radius 1 is 1.56 bits per heavy atom. The minimum Gasteiger partial charge on any atom is -0.354 e. The van der Waals surface area contributed by atoms with Crippen molar-refractivity contribution in [2.24, 2.45) is 11.8 Å². The van der Waals surface area contributed by atoms with Gasteiger partial charge in [-0.25, -0.2) is 0 Å². The van der Waals surface area contributed by atoms with E-state index in [2.05, 4.69) is 16.9 Å². The van der Waals surface area contributed by atoms with E-state index in [1.54, 1.807) is 0 Å². The molecule has 92 valence electrons. The molecule has 1 atom stereocenters. The Labute approximate surface area is 102 Å². The van der Waals surface area contributed by atoms with E-state index in [0.29, 0.717) is 10.7 Å². The van der Waals surface area contributed by atoms with Crippen molar-refractivity contribution in [2.45, 2.75) is 30.9 Å². The molecular weight excluding hydrogens is 220 g/mol. The van der Waals surface area contributed by atoms with Crippen LogP contribution in [0.1, 0.15) is 26.2 Å². The molecule has 0 aromatic heterocycles. The average Bonchev–Trinajstić information content (AvgIpc) is 2.13. The number of carbonyl (C=O) groups is 1. The zero-order chi connectivity index (χ0) is 11.6. The highest BCUT2D eigenvalue weighted by Gasteiger charge is 2.37. The van der Waals surface area contributed by atoms with Gasteiger partial charge in [-0.05, 0) is 38.1 Å². The Bertz CT molecular complexity index is 256. The van der Waals surface area contributed by atoms with E-state index in [1.807, 2.05) is 18.7 Å². The molecule has 0 spiro atoms. The summed E-state index contributed by atoms with van der Waals surface area (Å²) in [7, 11) is 0. The minimum absolute atomic E-state index is 0.167. The molecule has 1 aliphatic heterocycles. The fourth-order valence-electron chi connectivity index (χ4n) is 2.31. The van der Waals surface area contributed by atoms with Crippen LogP contribution in [0.25, 0.3) is 0 Å². The number of carbonyl (C=O) groups excluding carboxylic acids is 1. The van der Waals surface area contributed by atoms with Crippen LogP contribution in [0.15, 0.2) is 0 Å². The molecule has 1 aliphatic carbocycles. The lowest BCUT2D eigenvalue weighted by Crippen LogP contribution is -2.52. The molecule has 1 amide bonds. The van der Waals surface area contributed by atoms with E-state index >= 15 is 0 Å². The highest BCUT2D eigenvalue weighted by molar-refractivity contribution is 8.00. The second-order valence-electron chi connectivity index (χ2n) is 5.17. The van der Waals surface area contributed by atoms with Gasteiger partial charge in [-0.15, -0.1) is 0 Å². The summed E-state index contributed by atoms with van der Waals surface area (Å²) in [5, 5.41) is 6.36. The van der Waals surface area contributed by atoms with Crippen LogP contribution in [0.4, 0.5) is 0 Å². The van der Waals surface area contributed by atoms with Crippen molar-refractivity contribution < 1.29 is 4.79 Å². The number of thioether (sulfide) groups is 1. The monoisotopic (exact) mass is 242 g/mol. The second kappa shape index (κ2) is 4.96. The van der Waals surface area contributed by atoms with Gasteiger partial charge < -0.3 is 10.6 Å². The van der Waals surface area contributed by atoms with Crippen LogP contribution in [0, 0.1) is 11.8 Å². The van der Waals surface area contributed by atoms with Crippen LogP contribution < -0.4 is 10.6 Å². The van der Waals surface area contributed by atoms with Crippen LogP contribution in [-0.2, 0) is 4.79 Å². The van der Waals surface area contributed by atoms with E-state index in [0.717, 1.165) is 19.6 Å². The first-order chi connectivity index (χ1) is 7.67. The van der Waals surface area contributed by atoms with Crippen molar-refractivity contribution in [1.29, 1.82) is 0 Å². The van der Waals surface area contributed by atoms with E-state index in [1.165, 1.54) is 19.3 Å². The Balaban J connectivity index is 1.74. The number of nitrogens with one attached hydrogen (secondary N) is 2. The third-order valence-electron chi connectivity index (χ3n) is 4.22. The van der Waals surface area contributed by atoms with Gasteiger partial charge in [0.2, 0.25) is 5.91 Å². The van der Waals surface area contributed by atoms with Gasteiger partial charge in [0.1, 0.15) is 0 Å². The predicted molar refractivity (Wildman–Crippen MR) is 68.6 cm³/mol. The fourth-order valence-corrected chi connectivity index (χ4v) is 3.23. The van der Waals surface area contributed by atoms with Gasteiger partial charge in [0.05, 0.1) is 0 Å². The SMILES string of the molecule is CSC1(CNC(=O)C(C)C2CNC2)CCC1. The Kier molecular flexibility index (Phi) is 3.80. The summed E-state index contributed by atoms with van der Waals surface area (Å²) in [6.07, 6.45) is 5.99. The normalized spacial score (nSPS) is 25.4. The van der Waals surface area contributed by atoms with Gasteiger partial charge in [-0.2, -0.15) is 11.8 Å². The van der Waals surface area contributed by atoms with Crippen molar-refractivity contribution in [3.05, 3.63) is 0 Å². The quantitative estimate of drug-likeness (QED) is 0.762. The lowest BCUT2D eigenvalue weighted by molar-refractivity contribution is -0.126. The largest absolute Gasteiger partial charge is 0.354 e. The number of hydrogen-bond donors (Lipinski definition) is 2. The zero-order valence-corrected chi connectivity index (χ0v) is 11.0. The topological polar surface area (TPSA) is 41.1 Å². The highest BCUT2D eigenvalue weighted by Crippen LogP contribution is 2.42. The van der Waals surface area contributed by atoms with Gasteiger partial charge in [-0.3, -0.25) is 4.79 Å². The maximum Gasteiger partial charge on any atom is 0.223 e. The number of hydrogen-bond acceptors (Lipinski definition) is 3. The van der Waals surface area contributed by atoms with Crippen LogP contribution in [0.2, 0.25) is 0 Å². The van der Waals surface area contributed by atoms with Crippen molar-refractivity contribution >= 4 is 17.7 Å². The summed E-state index contributed by atoms with van der Waals surface area (Å²) in [5.74, 6) is 0.957. The van der Waals surface area contributed by atoms with Crippen molar-refractivity contribution in [3.63, 3.8) is 0 Å². The lowest BCUT2D eigenvalue weighted by Gasteiger charge is -2.41. The minimum atomic E-state index is 0.167. The molecule has 2 rings (SSSR count). The molecule has 2 fully saturated rings. The molecule has 1 saturated carbocycles. The fraction of sp³-hybridized carbons (Fsp3) is 0.917. The maximum atomic E-state index is 11.9. The molecule has 16 heavy (non-hydrogen) atoms. The van der Waals surface area contributed by atoms with Crippen LogP contribution in [-0.4, -0.2) is 36.5 Å². The Hall–Kier alpha value is -0.220. The third kappa shape index (κ3) is 2.38. The molecule has 1 unspecified atom stereocenters. The average molecular weight is 242 g/mol. The Morgan fingerprint density at radius 3 is 2.62 bits per heavy atom. The van der Waals surface area contributed by atoms with E-state index in [4.69, 9.17) is 0 Å². The molecule has 0 aromatic carbocycles. The molecule has 0 bridgehead atoms. The smallest absolute Gasteiger partial charge is 0.223 e. The van der Waals surface area contributed by atoms with Crippen molar-refractivity contribution in [1.82, 2.24) is 10.6 Å². The summed E-state index contributed by atoms with van der Waals surface area (Å²) < 4.78 is 0.354. The van der Waals surface area contributed by atoms with Crippen molar-refractivity contribution in [2.75, 3.05) is 25.9 Å². The molecule has 1 saturated heterocycles. The van der Waals surface area contributed by atoms with E-state index in [9.17, 15) is 4.79 Å². The number of rotatable bonds is 5. The summed E-state index contributed by atoms with van der Waals surface area (Å²) in [6, 6.07) is 0. The van der Waals surface area contributed by atoms with Crippen LogP contribution in [0.3, 0.4) is 0 Å². The summed E-state index contributed by atoms with van der Waals surface area (Å²) in [4.78, 5) is 11.9. The van der Waals surface area contributed by atoms with Gasteiger partial charge in [0.15, 0.2) is 0 Å². The standard InChI is InChI=1S/C12H22N2OS/c1-9(10-6-13-7-10)11(15)14-8-12(16-2)4-3-5-12/h9-10,13H,3-8H2,1-2H3,(H,14,15). The lowest BCUT2D eigenvalue weighted by atomic mass is 9.83. The molecule has 0 radical (unpaired) electrons. The highest BCUT2D eigenvalue weighted by atomic mass is 32.2. The van der Waals surface area contributed by atoms with Crippen LogP contribution >= 0.6 is 11.8 Å². The Morgan fingerprint density at radius 2 is 2.25 bits per heavy atom. The van der Waals surface area contributed by atoms with Crippen LogP contribution in [0.5, 0.6) is 0 Å². The van der Waals surface area contributed by atoms with Gasteiger partial charge in [0, 0.05) is 17.2 Å². The molecule has 2 aliphatic rings. The van der Waals surface area contributed by atoms with Gasteiger partial charge >= 0.3 is 0 Å². The summed E-state index contributed by atoms with van der Waals surface area (Å²) >= 11 is 1.91. The van der Waals surface area contributed by atoms with Crippen molar-refractivity contribution in [3.8, 4) is 0 Å². The molecular formula is C12H22N2OS. The first-order valence-electron chi connectivity index (χ1n) is 6.20. The van der Waals surface area contributed by atoms with E-state index in [-0.39, 0.29) is 11.8 Å². The maximum absolute atomic E-state index is 11.9.